The molecule has 10 aromatic rings. The molecule has 0 aliphatic carbocycles. The fraction of sp³-hybridized carbons (Fsp3) is 0. The predicted molar refractivity (Wildman–Crippen MR) is 197 cm³/mol. The summed E-state index contributed by atoms with van der Waals surface area (Å²) in [5.74, 6) is 0. The Morgan fingerprint density at radius 1 is 0.500 bits per heavy atom. The Morgan fingerprint density at radius 2 is 1.17 bits per heavy atom. The van der Waals surface area contributed by atoms with E-state index in [1.165, 1.54) is 5.39 Å². The summed E-state index contributed by atoms with van der Waals surface area (Å²) in [7, 11) is 0. The standard InChI is InChI=1S/C44H24N4/c1-46-32-17-20-35-40(24-32)47(33-14-8-13-30(22-33)28-9-4-2-5-10-28)41-25-37-34-18-15-27(26-45)21-38(34)48-39-23-31(29-11-6-3-7-12-29)16-19-36(39)43(42(35)41)44(37)48/h2-25H. The highest BCUT2D eigenvalue weighted by atomic mass is 15.0. The van der Waals surface area contributed by atoms with Crippen molar-refractivity contribution in [2.24, 2.45) is 0 Å². The highest BCUT2D eigenvalue weighted by Gasteiger charge is 2.25. The van der Waals surface area contributed by atoms with Crippen LogP contribution in [0.1, 0.15) is 5.56 Å². The molecule has 3 heterocycles. The van der Waals surface area contributed by atoms with Gasteiger partial charge in [-0.2, -0.15) is 5.26 Å². The van der Waals surface area contributed by atoms with Crippen molar-refractivity contribution in [1.29, 1.82) is 5.26 Å². The SMILES string of the molecule is [C-]#[N+]c1ccc2c3c4c5ccc(-c6ccccc6)cc5n5c6cc(C#N)ccc6c(cc3n(-c3cccc(-c6ccccc6)c3)c2c1)c45. The topological polar surface area (TPSA) is 37.5 Å². The van der Waals surface area contributed by atoms with E-state index in [9.17, 15) is 5.26 Å². The first kappa shape index (κ1) is 26.3. The molecule has 0 aliphatic rings. The van der Waals surface area contributed by atoms with Crippen molar-refractivity contribution < 1.29 is 0 Å². The van der Waals surface area contributed by atoms with Crippen molar-refractivity contribution in [2.75, 3.05) is 0 Å². The molecule has 0 spiro atoms. The Morgan fingerprint density at radius 3 is 1.92 bits per heavy atom. The first-order chi connectivity index (χ1) is 23.7. The van der Waals surface area contributed by atoms with Crippen LogP contribution in [0.4, 0.5) is 5.69 Å². The number of benzene rings is 7. The zero-order chi connectivity index (χ0) is 31.9. The maximum atomic E-state index is 9.90. The van der Waals surface area contributed by atoms with Gasteiger partial charge in [-0.1, -0.05) is 103 Å². The highest BCUT2D eigenvalue weighted by molar-refractivity contribution is 6.36. The van der Waals surface area contributed by atoms with Crippen LogP contribution in [0.25, 0.3) is 92.7 Å². The van der Waals surface area contributed by atoms with Crippen molar-refractivity contribution in [3.05, 3.63) is 163 Å². The third kappa shape index (κ3) is 3.57. The quantitative estimate of drug-likeness (QED) is 0.184. The van der Waals surface area contributed by atoms with Gasteiger partial charge in [0.25, 0.3) is 0 Å². The largest absolute Gasteiger partial charge is 0.310 e. The molecule has 0 atom stereocenters. The molecule has 0 N–H and O–H groups in total. The van der Waals surface area contributed by atoms with E-state index < -0.39 is 0 Å². The molecule has 0 saturated carbocycles. The van der Waals surface area contributed by atoms with E-state index in [2.05, 4.69) is 129 Å². The summed E-state index contributed by atoms with van der Waals surface area (Å²) >= 11 is 0. The second kappa shape index (κ2) is 9.81. The second-order valence-corrected chi connectivity index (χ2v) is 12.4. The average Bonchev–Trinajstić information content (AvgIpc) is 3.78. The van der Waals surface area contributed by atoms with Gasteiger partial charge in [-0.15, -0.1) is 0 Å². The first-order valence-corrected chi connectivity index (χ1v) is 15.9. The fourth-order valence-electron chi connectivity index (χ4n) is 7.78. The van der Waals surface area contributed by atoms with Gasteiger partial charge < -0.3 is 8.97 Å². The predicted octanol–water partition coefficient (Wildman–Crippen LogP) is 11.7. The van der Waals surface area contributed by atoms with Crippen LogP contribution in [0, 0.1) is 17.9 Å². The molecule has 0 amide bonds. The monoisotopic (exact) mass is 608 g/mol. The van der Waals surface area contributed by atoms with Crippen LogP contribution in [0.2, 0.25) is 0 Å². The molecule has 7 aromatic carbocycles. The van der Waals surface area contributed by atoms with Crippen molar-refractivity contribution in [2.45, 2.75) is 0 Å². The number of hydrogen-bond acceptors (Lipinski definition) is 1. The number of aromatic nitrogens is 2. The summed E-state index contributed by atoms with van der Waals surface area (Å²) in [6.45, 7) is 7.86. The molecule has 10 rings (SSSR count). The molecule has 48 heavy (non-hydrogen) atoms. The molecule has 0 bridgehead atoms. The van der Waals surface area contributed by atoms with Gasteiger partial charge in [-0.3, -0.25) is 0 Å². The lowest BCUT2D eigenvalue weighted by Gasteiger charge is -2.11. The summed E-state index contributed by atoms with van der Waals surface area (Å²) in [5, 5.41) is 16.8. The Bertz CT molecular complexity index is 3000. The molecule has 0 aliphatic heterocycles. The van der Waals surface area contributed by atoms with Gasteiger partial charge in [0.1, 0.15) is 0 Å². The molecule has 4 nitrogen and oxygen atoms in total. The zero-order valence-electron chi connectivity index (χ0n) is 25.6. The molecule has 0 saturated heterocycles. The number of nitriles is 1. The molecule has 0 unspecified atom stereocenters. The van der Waals surface area contributed by atoms with Crippen LogP contribution in [0.15, 0.2) is 146 Å². The summed E-state index contributed by atoms with van der Waals surface area (Å²) in [5.41, 5.74) is 12.3. The van der Waals surface area contributed by atoms with Crippen LogP contribution >= 0.6 is 0 Å². The van der Waals surface area contributed by atoms with E-state index in [0.29, 0.717) is 11.3 Å². The third-order valence-corrected chi connectivity index (χ3v) is 9.85. The van der Waals surface area contributed by atoms with E-state index in [0.717, 1.165) is 82.5 Å². The van der Waals surface area contributed by atoms with Crippen LogP contribution in [0.3, 0.4) is 0 Å². The minimum absolute atomic E-state index is 0.610. The van der Waals surface area contributed by atoms with E-state index >= 15 is 0 Å². The Labute approximate surface area is 275 Å². The number of rotatable bonds is 3. The lowest BCUT2D eigenvalue weighted by atomic mass is 9.99. The summed E-state index contributed by atoms with van der Waals surface area (Å²) in [4.78, 5) is 3.83. The number of nitrogens with zero attached hydrogens (tertiary/aromatic N) is 4. The Kier molecular flexibility index (Phi) is 5.38. The van der Waals surface area contributed by atoms with Crippen molar-refractivity contribution in [3.63, 3.8) is 0 Å². The van der Waals surface area contributed by atoms with Gasteiger partial charge in [0.05, 0.1) is 40.3 Å². The van der Waals surface area contributed by atoms with Crippen molar-refractivity contribution in [1.82, 2.24) is 8.97 Å². The van der Waals surface area contributed by atoms with Crippen LogP contribution in [-0.2, 0) is 0 Å². The fourth-order valence-corrected chi connectivity index (χ4v) is 7.78. The summed E-state index contributed by atoms with van der Waals surface area (Å²) in [6, 6.07) is 53.1. The second-order valence-electron chi connectivity index (χ2n) is 12.4. The lowest BCUT2D eigenvalue weighted by molar-refractivity contribution is 1.18. The maximum absolute atomic E-state index is 9.90. The van der Waals surface area contributed by atoms with E-state index in [4.69, 9.17) is 6.57 Å². The smallest absolute Gasteiger partial charge is 0.189 e. The van der Waals surface area contributed by atoms with Gasteiger partial charge in [-0.25, -0.2) is 4.85 Å². The minimum atomic E-state index is 0.610. The van der Waals surface area contributed by atoms with Crippen molar-refractivity contribution in [3.8, 4) is 34.0 Å². The number of hydrogen-bond donors (Lipinski definition) is 0. The van der Waals surface area contributed by atoms with E-state index in [-0.39, 0.29) is 0 Å². The summed E-state index contributed by atoms with van der Waals surface area (Å²) in [6.07, 6.45) is 0. The molecule has 3 aromatic heterocycles. The lowest BCUT2D eigenvalue weighted by Crippen LogP contribution is -1.94. The van der Waals surface area contributed by atoms with Crippen LogP contribution < -0.4 is 0 Å². The molecule has 4 heteroatoms. The Balaban J connectivity index is 1.41. The molecule has 0 radical (unpaired) electrons. The number of fused-ring (bicyclic) bond motifs is 10. The van der Waals surface area contributed by atoms with E-state index in [1.807, 2.05) is 36.4 Å². The van der Waals surface area contributed by atoms with Gasteiger partial charge in [0, 0.05) is 43.5 Å². The van der Waals surface area contributed by atoms with Crippen LogP contribution in [0.5, 0.6) is 0 Å². The maximum Gasteiger partial charge on any atom is 0.189 e. The zero-order valence-corrected chi connectivity index (χ0v) is 25.6. The normalized spacial score (nSPS) is 11.7. The molecular weight excluding hydrogens is 585 g/mol. The minimum Gasteiger partial charge on any atom is -0.310 e. The molecule has 220 valence electrons. The third-order valence-electron chi connectivity index (χ3n) is 9.85. The Hall–Kier alpha value is -6.88. The average molecular weight is 609 g/mol. The molecular formula is C44H24N4. The molecule has 0 fully saturated rings. The van der Waals surface area contributed by atoms with Gasteiger partial charge in [0.2, 0.25) is 0 Å². The van der Waals surface area contributed by atoms with Crippen molar-refractivity contribution >= 4 is 65.6 Å². The van der Waals surface area contributed by atoms with Gasteiger partial charge >= 0.3 is 0 Å². The van der Waals surface area contributed by atoms with Gasteiger partial charge in [0.15, 0.2) is 5.69 Å². The van der Waals surface area contributed by atoms with Crippen LogP contribution in [-0.4, -0.2) is 8.97 Å². The highest BCUT2D eigenvalue weighted by Crippen LogP contribution is 2.48. The van der Waals surface area contributed by atoms with Gasteiger partial charge in [-0.05, 0) is 64.7 Å². The first-order valence-electron chi connectivity index (χ1n) is 15.9. The summed E-state index contributed by atoms with van der Waals surface area (Å²) < 4.78 is 4.68. The van der Waals surface area contributed by atoms with E-state index in [1.54, 1.807) is 0 Å².